The van der Waals surface area contributed by atoms with Crippen LogP contribution in [0.5, 0.6) is 0 Å². The molecule has 3 aromatic carbocycles. The predicted molar refractivity (Wildman–Crippen MR) is 159 cm³/mol. The lowest BCUT2D eigenvalue weighted by molar-refractivity contribution is 0.0952. The number of aromatic nitrogens is 3. The van der Waals surface area contributed by atoms with Crippen molar-refractivity contribution in [3.8, 4) is 0 Å². The van der Waals surface area contributed by atoms with Crippen LogP contribution >= 0.6 is 11.6 Å². The van der Waals surface area contributed by atoms with Gasteiger partial charge >= 0.3 is 0 Å². The fourth-order valence-corrected chi connectivity index (χ4v) is 5.81. The van der Waals surface area contributed by atoms with Crippen LogP contribution in [-0.2, 0) is 26.1 Å². The van der Waals surface area contributed by atoms with Gasteiger partial charge in [0.15, 0.2) is 0 Å². The monoisotopic (exact) mass is 550 g/mol. The van der Waals surface area contributed by atoms with Gasteiger partial charge in [0, 0.05) is 25.0 Å². The maximum absolute atomic E-state index is 12.7. The Morgan fingerprint density at radius 2 is 1.82 bits per heavy atom. The number of H-pyrrole nitrogens is 1. The second kappa shape index (κ2) is 11.5. The number of imidazole rings is 1. The second-order valence-electron chi connectivity index (χ2n) is 10.3. The summed E-state index contributed by atoms with van der Waals surface area (Å²) in [6.45, 7) is 1.82. The SMILES string of the molecule is Nc1cccc(Cl)c1C(=O)NCc1ccc(CN(Cc2nc3ccccc3[nH]2)C2CCCc3cccnc32)cc1. The third-order valence-electron chi connectivity index (χ3n) is 7.53. The Kier molecular flexibility index (Phi) is 7.49. The minimum atomic E-state index is -0.285. The Hall–Kier alpha value is -4.20. The fourth-order valence-electron chi connectivity index (χ4n) is 5.54. The van der Waals surface area contributed by atoms with Crippen molar-refractivity contribution < 1.29 is 4.79 Å². The number of carbonyl (C=O) groups is 1. The first-order valence-electron chi connectivity index (χ1n) is 13.6. The molecule has 8 heteroatoms. The van der Waals surface area contributed by atoms with Crippen molar-refractivity contribution in [2.45, 2.75) is 44.9 Å². The first-order valence-corrected chi connectivity index (χ1v) is 13.9. The Morgan fingerprint density at radius 1 is 1.00 bits per heavy atom. The summed E-state index contributed by atoms with van der Waals surface area (Å²) >= 11 is 6.20. The molecule has 0 radical (unpaired) electrons. The van der Waals surface area contributed by atoms with Gasteiger partial charge in [0.05, 0.1) is 39.9 Å². The zero-order valence-corrected chi connectivity index (χ0v) is 22.9. The summed E-state index contributed by atoms with van der Waals surface area (Å²) in [5, 5.41) is 3.27. The van der Waals surface area contributed by atoms with Crippen molar-refractivity contribution in [3.05, 3.63) is 124 Å². The van der Waals surface area contributed by atoms with E-state index in [1.165, 1.54) is 16.8 Å². The number of para-hydroxylation sites is 2. The number of rotatable bonds is 8. The molecule has 1 aliphatic carbocycles. The summed E-state index contributed by atoms with van der Waals surface area (Å²) in [5.74, 6) is 0.662. The summed E-state index contributed by atoms with van der Waals surface area (Å²) in [6, 6.07) is 26.0. The third kappa shape index (κ3) is 5.57. The fraction of sp³-hybridized carbons (Fsp3) is 0.219. The Bertz CT molecular complexity index is 1590. The van der Waals surface area contributed by atoms with E-state index in [0.29, 0.717) is 29.4 Å². The Balaban J connectivity index is 1.20. The molecule has 2 aromatic heterocycles. The molecule has 4 N–H and O–H groups in total. The molecule has 1 amide bonds. The van der Waals surface area contributed by atoms with Crippen LogP contribution in [0.2, 0.25) is 5.02 Å². The number of hydrogen-bond acceptors (Lipinski definition) is 5. The maximum atomic E-state index is 12.7. The number of pyridine rings is 1. The minimum absolute atomic E-state index is 0.207. The topological polar surface area (TPSA) is 99.9 Å². The van der Waals surface area contributed by atoms with Gasteiger partial charge in [0.25, 0.3) is 5.91 Å². The lowest BCUT2D eigenvalue weighted by Crippen LogP contribution is -2.31. The minimum Gasteiger partial charge on any atom is -0.398 e. The van der Waals surface area contributed by atoms with Crippen LogP contribution in [0.3, 0.4) is 0 Å². The van der Waals surface area contributed by atoms with Crippen LogP contribution in [0.15, 0.2) is 85.1 Å². The molecule has 0 saturated heterocycles. The van der Waals surface area contributed by atoms with Gasteiger partial charge in [-0.15, -0.1) is 0 Å². The second-order valence-corrected chi connectivity index (χ2v) is 10.7. The average molecular weight is 551 g/mol. The first kappa shape index (κ1) is 26.0. The van der Waals surface area contributed by atoms with Crippen LogP contribution in [0.25, 0.3) is 11.0 Å². The summed E-state index contributed by atoms with van der Waals surface area (Å²) in [5.41, 5.74) is 13.3. The van der Waals surface area contributed by atoms with E-state index >= 15 is 0 Å². The van der Waals surface area contributed by atoms with Crippen molar-refractivity contribution in [1.29, 1.82) is 0 Å². The highest BCUT2D eigenvalue weighted by Crippen LogP contribution is 2.34. The van der Waals surface area contributed by atoms with Crippen molar-refractivity contribution >= 4 is 34.2 Å². The number of anilines is 1. The van der Waals surface area contributed by atoms with E-state index in [0.717, 1.165) is 48.2 Å². The van der Waals surface area contributed by atoms with E-state index in [-0.39, 0.29) is 11.9 Å². The van der Waals surface area contributed by atoms with Gasteiger partial charge in [-0.1, -0.05) is 60.1 Å². The smallest absolute Gasteiger partial charge is 0.255 e. The number of carbonyl (C=O) groups excluding carboxylic acids is 1. The number of fused-ring (bicyclic) bond motifs is 2. The Morgan fingerprint density at radius 3 is 2.65 bits per heavy atom. The zero-order valence-electron chi connectivity index (χ0n) is 22.1. The predicted octanol–water partition coefficient (Wildman–Crippen LogP) is 6.20. The number of aromatic amines is 1. The van der Waals surface area contributed by atoms with E-state index in [1.54, 1.807) is 18.2 Å². The molecule has 40 heavy (non-hydrogen) atoms. The molecular formula is C32H31ClN6O. The summed E-state index contributed by atoms with van der Waals surface area (Å²) < 4.78 is 0. The van der Waals surface area contributed by atoms with Gasteiger partial charge in [0.1, 0.15) is 5.82 Å². The van der Waals surface area contributed by atoms with Crippen molar-refractivity contribution in [2.75, 3.05) is 5.73 Å². The highest BCUT2D eigenvalue weighted by Gasteiger charge is 2.28. The van der Waals surface area contributed by atoms with Crippen LogP contribution in [0.4, 0.5) is 5.69 Å². The number of aryl methyl sites for hydroxylation is 1. The molecule has 1 aliphatic rings. The van der Waals surface area contributed by atoms with E-state index < -0.39 is 0 Å². The van der Waals surface area contributed by atoms with Crippen molar-refractivity contribution in [2.24, 2.45) is 0 Å². The number of nitrogens with zero attached hydrogens (tertiary/aromatic N) is 3. The molecule has 2 heterocycles. The van der Waals surface area contributed by atoms with E-state index in [9.17, 15) is 4.79 Å². The zero-order chi connectivity index (χ0) is 27.5. The van der Waals surface area contributed by atoms with Crippen LogP contribution in [0.1, 0.15) is 57.5 Å². The average Bonchev–Trinajstić information content (AvgIpc) is 3.38. The number of halogens is 1. The van der Waals surface area contributed by atoms with E-state index in [2.05, 4.69) is 51.6 Å². The van der Waals surface area contributed by atoms with Gasteiger partial charge in [-0.2, -0.15) is 0 Å². The summed E-state index contributed by atoms with van der Waals surface area (Å²) in [6.07, 6.45) is 5.16. The number of hydrogen-bond donors (Lipinski definition) is 3. The number of nitrogens with two attached hydrogens (primary N) is 1. The number of amides is 1. The highest BCUT2D eigenvalue weighted by atomic mass is 35.5. The number of nitrogens with one attached hydrogen (secondary N) is 2. The van der Waals surface area contributed by atoms with Crippen molar-refractivity contribution in [3.63, 3.8) is 0 Å². The molecular weight excluding hydrogens is 520 g/mol. The molecule has 0 aliphatic heterocycles. The van der Waals surface area contributed by atoms with Crippen LogP contribution in [0, 0.1) is 0 Å². The Labute approximate surface area is 238 Å². The lowest BCUT2D eigenvalue weighted by Gasteiger charge is -2.34. The van der Waals surface area contributed by atoms with E-state index in [4.69, 9.17) is 27.3 Å². The highest BCUT2D eigenvalue weighted by molar-refractivity contribution is 6.34. The van der Waals surface area contributed by atoms with Gasteiger partial charge in [-0.3, -0.25) is 14.7 Å². The molecule has 1 atom stereocenters. The van der Waals surface area contributed by atoms with Crippen LogP contribution < -0.4 is 11.1 Å². The molecule has 1 unspecified atom stereocenters. The normalized spacial score (nSPS) is 14.8. The molecule has 202 valence electrons. The molecule has 0 spiro atoms. The first-order chi connectivity index (χ1) is 19.5. The van der Waals surface area contributed by atoms with Gasteiger partial charge in [-0.25, -0.2) is 4.98 Å². The lowest BCUT2D eigenvalue weighted by atomic mass is 9.90. The quantitative estimate of drug-likeness (QED) is 0.200. The molecule has 7 nitrogen and oxygen atoms in total. The molecule has 0 saturated carbocycles. The van der Waals surface area contributed by atoms with E-state index in [1.807, 2.05) is 30.5 Å². The van der Waals surface area contributed by atoms with Gasteiger partial charge in [-0.05, 0) is 66.3 Å². The number of nitrogen functional groups attached to an aromatic ring is 1. The molecule has 5 aromatic rings. The third-order valence-corrected chi connectivity index (χ3v) is 7.85. The van der Waals surface area contributed by atoms with Crippen LogP contribution in [-0.4, -0.2) is 25.8 Å². The molecule has 0 bridgehead atoms. The summed E-state index contributed by atoms with van der Waals surface area (Å²) in [7, 11) is 0. The molecule has 6 rings (SSSR count). The number of benzene rings is 3. The molecule has 0 fully saturated rings. The largest absolute Gasteiger partial charge is 0.398 e. The van der Waals surface area contributed by atoms with Gasteiger partial charge in [0.2, 0.25) is 0 Å². The van der Waals surface area contributed by atoms with Crippen molar-refractivity contribution in [1.82, 2.24) is 25.2 Å². The summed E-state index contributed by atoms with van der Waals surface area (Å²) in [4.78, 5) is 28.3. The van der Waals surface area contributed by atoms with Gasteiger partial charge < -0.3 is 16.0 Å². The maximum Gasteiger partial charge on any atom is 0.255 e. The standard InChI is InChI=1S/C32H31ClN6O/c33-24-8-4-9-25(34)30(24)32(40)36-18-21-13-15-22(16-14-21)19-39(20-29-37-26-10-1-2-11-27(26)38-29)28-12-3-6-23-7-5-17-35-31(23)28/h1-2,4-5,7-11,13-17,28H,3,6,12,18-20,34H2,(H,36,40)(H,37,38).